The van der Waals surface area contributed by atoms with Crippen LogP contribution >= 0.6 is 0 Å². The average Bonchev–Trinajstić information content (AvgIpc) is 3.17. The highest BCUT2D eigenvalue weighted by Crippen LogP contribution is 2.38. The zero-order valence-electron chi connectivity index (χ0n) is 15.5. The fraction of sp³-hybridized carbons (Fsp3) is 0. The Morgan fingerprint density at radius 1 is 0.552 bits per heavy atom. The molecule has 4 aromatic carbocycles. The van der Waals surface area contributed by atoms with E-state index in [1.807, 2.05) is 24.3 Å². The quantitative estimate of drug-likeness (QED) is 0.226. The molecule has 0 spiro atoms. The van der Waals surface area contributed by atoms with Gasteiger partial charge in [-0.25, -0.2) is 9.97 Å². The summed E-state index contributed by atoms with van der Waals surface area (Å²) in [6.07, 6.45) is 2.19. The number of benzene rings is 4. The van der Waals surface area contributed by atoms with Gasteiger partial charge in [-0.1, -0.05) is 72.8 Å². The van der Waals surface area contributed by atoms with Crippen LogP contribution in [-0.2, 0) is 0 Å². The molecule has 3 nitrogen and oxygen atoms in total. The van der Waals surface area contributed by atoms with Crippen molar-refractivity contribution < 1.29 is 0 Å². The Morgan fingerprint density at radius 2 is 1.24 bits per heavy atom. The van der Waals surface area contributed by atoms with Gasteiger partial charge >= 0.3 is 0 Å². The Bertz CT molecular complexity index is 1760. The second kappa shape index (κ2) is 5.30. The highest BCUT2D eigenvalue weighted by Gasteiger charge is 2.16. The number of pyridine rings is 1. The molecule has 3 heterocycles. The van der Waals surface area contributed by atoms with Crippen molar-refractivity contribution in [1.82, 2.24) is 14.4 Å². The molecule has 7 rings (SSSR count). The van der Waals surface area contributed by atoms with Gasteiger partial charge < -0.3 is 0 Å². The molecular weight excluding hydrogens is 354 g/mol. The van der Waals surface area contributed by atoms with Gasteiger partial charge in [-0.2, -0.15) is 0 Å². The van der Waals surface area contributed by atoms with Gasteiger partial charge in [0.15, 0.2) is 5.65 Å². The van der Waals surface area contributed by atoms with Crippen LogP contribution in [-0.4, -0.2) is 14.4 Å². The van der Waals surface area contributed by atoms with Crippen LogP contribution in [0.1, 0.15) is 0 Å². The number of hydrogen-bond donors (Lipinski definition) is 0. The Hall–Kier alpha value is -3.98. The molecule has 3 aromatic heterocycles. The number of para-hydroxylation sites is 2. The molecule has 0 aliphatic rings. The van der Waals surface area contributed by atoms with Crippen molar-refractivity contribution >= 4 is 60.0 Å². The van der Waals surface area contributed by atoms with E-state index in [-0.39, 0.29) is 0 Å². The maximum absolute atomic E-state index is 5.05. The molecule has 0 N–H and O–H groups in total. The monoisotopic (exact) mass is 369 g/mol. The Labute approximate surface area is 165 Å². The van der Waals surface area contributed by atoms with Crippen LogP contribution in [0.15, 0.2) is 91.1 Å². The topological polar surface area (TPSA) is 30.2 Å². The standard InChI is InChI=1S/C26H15N3/c1-3-9-18-16(7-1)13-14-20-23(18)25-19-10-4-2-8-17(19)15-29(25)26-24(20)27-21-11-5-6-12-22(21)28-26/h1-15H. The summed E-state index contributed by atoms with van der Waals surface area (Å²) in [5.74, 6) is 0. The molecule has 0 bridgehead atoms. The molecule has 0 amide bonds. The average molecular weight is 369 g/mol. The first-order chi connectivity index (χ1) is 14.4. The number of aromatic nitrogens is 3. The highest BCUT2D eigenvalue weighted by molar-refractivity contribution is 6.26. The summed E-state index contributed by atoms with van der Waals surface area (Å²) in [6, 6.07) is 29.6. The molecule has 7 aromatic rings. The van der Waals surface area contributed by atoms with Gasteiger partial charge in [0.2, 0.25) is 0 Å². The van der Waals surface area contributed by atoms with Crippen LogP contribution in [0.25, 0.3) is 60.0 Å². The van der Waals surface area contributed by atoms with Gasteiger partial charge in [-0.15, -0.1) is 0 Å². The number of hydrogen-bond acceptors (Lipinski definition) is 2. The van der Waals surface area contributed by atoms with E-state index in [1.54, 1.807) is 0 Å². The third-order valence-electron chi connectivity index (χ3n) is 5.93. The van der Waals surface area contributed by atoms with Crippen molar-refractivity contribution in [1.29, 1.82) is 0 Å². The van der Waals surface area contributed by atoms with Crippen LogP contribution in [0.3, 0.4) is 0 Å². The molecule has 3 heteroatoms. The lowest BCUT2D eigenvalue weighted by molar-refractivity contribution is 1.22. The number of rotatable bonds is 0. The zero-order valence-corrected chi connectivity index (χ0v) is 15.5. The summed E-state index contributed by atoms with van der Waals surface area (Å²) in [5.41, 5.74) is 4.88. The first-order valence-corrected chi connectivity index (χ1v) is 9.78. The summed E-state index contributed by atoms with van der Waals surface area (Å²) in [6.45, 7) is 0. The minimum Gasteiger partial charge on any atom is -0.298 e. The molecular formula is C26H15N3. The number of nitrogens with zero attached hydrogens (tertiary/aromatic N) is 3. The predicted octanol–water partition coefficient (Wildman–Crippen LogP) is 6.50. The van der Waals surface area contributed by atoms with E-state index in [0.717, 1.165) is 27.6 Å². The SMILES string of the molecule is c1ccc2c(c1)ccc1c3nc4ccccc4nc3n3cc4ccccc4c3c21. The van der Waals surface area contributed by atoms with Crippen LogP contribution < -0.4 is 0 Å². The first kappa shape index (κ1) is 15.0. The highest BCUT2D eigenvalue weighted by atomic mass is 15.0. The smallest absolute Gasteiger partial charge is 0.164 e. The maximum atomic E-state index is 5.05. The van der Waals surface area contributed by atoms with Gasteiger partial charge in [-0.3, -0.25) is 4.40 Å². The molecule has 0 saturated heterocycles. The predicted molar refractivity (Wildman–Crippen MR) is 121 cm³/mol. The second-order valence-electron chi connectivity index (χ2n) is 7.53. The van der Waals surface area contributed by atoms with Crippen LogP contribution in [0.4, 0.5) is 0 Å². The van der Waals surface area contributed by atoms with E-state index >= 15 is 0 Å². The summed E-state index contributed by atoms with van der Waals surface area (Å²) >= 11 is 0. The van der Waals surface area contributed by atoms with Crippen molar-refractivity contribution in [2.75, 3.05) is 0 Å². The Kier molecular flexibility index (Phi) is 2.74. The third kappa shape index (κ3) is 1.91. The van der Waals surface area contributed by atoms with Gasteiger partial charge in [0, 0.05) is 27.7 Å². The van der Waals surface area contributed by atoms with Crippen LogP contribution in [0.5, 0.6) is 0 Å². The summed E-state index contributed by atoms with van der Waals surface area (Å²) in [5, 5.41) is 7.32. The van der Waals surface area contributed by atoms with Crippen molar-refractivity contribution in [3.05, 3.63) is 91.1 Å². The number of fused-ring (bicyclic) bond motifs is 11. The van der Waals surface area contributed by atoms with E-state index in [9.17, 15) is 0 Å². The van der Waals surface area contributed by atoms with Crippen molar-refractivity contribution in [2.45, 2.75) is 0 Å². The summed E-state index contributed by atoms with van der Waals surface area (Å²) in [4.78, 5) is 10.1. The lowest BCUT2D eigenvalue weighted by Crippen LogP contribution is -1.96. The van der Waals surface area contributed by atoms with Crippen molar-refractivity contribution in [3.8, 4) is 0 Å². The van der Waals surface area contributed by atoms with Crippen LogP contribution in [0.2, 0.25) is 0 Å². The minimum atomic E-state index is 0.901. The molecule has 0 aliphatic carbocycles. The Balaban J connectivity index is 1.90. The lowest BCUT2D eigenvalue weighted by atomic mass is 10.00. The second-order valence-corrected chi connectivity index (χ2v) is 7.53. The summed E-state index contributed by atoms with van der Waals surface area (Å²) < 4.78 is 2.23. The van der Waals surface area contributed by atoms with Gasteiger partial charge in [-0.05, 0) is 22.9 Å². The molecule has 0 radical (unpaired) electrons. The normalized spacial score (nSPS) is 12.1. The molecule has 0 aliphatic heterocycles. The lowest BCUT2D eigenvalue weighted by Gasteiger charge is -2.12. The maximum Gasteiger partial charge on any atom is 0.164 e. The largest absolute Gasteiger partial charge is 0.298 e. The Morgan fingerprint density at radius 3 is 2.10 bits per heavy atom. The first-order valence-electron chi connectivity index (χ1n) is 9.78. The molecule has 0 atom stereocenters. The molecule has 134 valence electrons. The third-order valence-corrected chi connectivity index (χ3v) is 5.93. The zero-order chi connectivity index (χ0) is 18.9. The fourth-order valence-electron chi connectivity index (χ4n) is 4.64. The van der Waals surface area contributed by atoms with Crippen LogP contribution in [0, 0.1) is 0 Å². The van der Waals surface area contributed by atoms with Crippen molar-refractivity contribution in [2.24, 2.45) is 0 Å². The van der Waals surface area contributed by atoms with E-state index in [2.05, 4.69) is 71.3 Å². The molecule has 0 unspecified atom stereocenters. The summed E-state index contributed by atoms with van der Waals surface area (Å²) in [7, 11) is 0. The van der Waals surface area contributed by atoms with Gasteiger partial charge in [0.1, 0.15) is 5.52 Å². The molecule has 0 saturated carbocycles. The minimum absolute atomic E-state index is 0.901. The molecule has 29 heavy (non-hydrogen) atoms. The van der Waals surface area contributed by atoms with Gasteiger partial charge in [0.25, 0.3) is 0 Å². The van der Waals surface area contributed by atoms with E-state index < -0.39 is 0 Å². The van der Waals surface area contributed by atoms with E-state index in [4.69, 9.17) is 9.97 Å². The van der Waals surface area contributed by atoms with E-state index in [1.165, 1.54) is 32.4 Å². The fourth-order valence-corrected chi connectivity index (χ4v) is 4.64. The van der Waals surface area contributed by atoms with E-state index in [0.29, 0.717) is 0 Å². The molecule has 0 fully saturated rings. The van der Waals surface area contributed by atoms with Crippen molar-refractivity contribution in [3.63, 3.8) is 0 Å². The van der Waals surface area contributed by atoms with Gasteiger partial charge in [0.05, 0.1) is 16.6 Å².